The summed E-state index contributed by atoms with van der Waals surface area (Å²) in [6.07, 6.45) is -5.20. The minimum atomic E-state index is -4.59. The second-order valence-electron chi connectivity index (χ2n) is 11.8. The van der Waals surface area contributed by atoms with Crippen LogP contribution in [0.4, 0.5) is 22.0 Å². The smallest absolute Gasteiger partial charge is 0.383 e. The molecular weight excluding hydrogens is 698 g/mol. The Morgan fingerprint density at radius 2 is 1.65 bits per heavy atom. The van der Waals surface area contributed by atoms with Crippen LogP contribution in [0.15, 0.2) is 107 Å². The SMILES string of the molecule is [2H]C([2H])([2H])OC([2H])([2H])C([2H])([2H])N1CCC(N(C(=O)C([2H])([2H])n2c(SCc3cccc(F)c3F)cc(=O)c3ccccc32)C([2H])([2H])c2ccc(-c3ccc(C(F)(F)F)cc3)cc2)CC1. The molecule has 4 aromatic carbocycles. The highest BCUT2D eigenvalue weighted by atomic mass is 32.2. The first-order chi connectivity index (χ1) is 29.2. The molecule has 5 aromatic rings. The summed E-state index contributed by atoms with van der Waals surface area (Å²) in [6, 6.07) is 18.4. The van der Waals surface area contributed by atoms with Crippen molar-refractivity contribution in [2.45, 2.75) is 48.8 Å². The van der Waals surface area contributed by atoms with Gasteiger partial charge in [0.05, 0.1) is 35.0 Å². The van der Waals surface area contributed by atoms with Crippen LogP contribution in [-0.4, -0.2) is 59.5 Å². The van der Waals surface area contributed by atoms with E-state index in [1.807, 2.05) is 0 Å². The number of amides is 1. The normalized spacial score (nSPS) is 18.7. The van der Waals surface area contributed by atoms with Crippen LogP contribution >= 0.6 is 11.8 Å². The molecule has 1 amide bonds. The maximum atomic E-state index is 15.1. The van der Waals surface area contributed by atoms with Crippen LogP contribution in [0.3, 0.4) is 0 Å². The van der Waals surface area contributed by atoms with Crippen molar-refractivity contribution in [1.29, 1.82) is 0 Å². The fourth-order valence-electron chi connectivity index (χ4n) is 5.79. The predicted molar refractivity (Wildman–Crippen MR) is 193 cm³/mol. The van der Waals surface area contributed by atoms with Crippen molar-refractivity contribution in [3.05, 3.63) is 136 Å². The van der Waals surface area contributed by atoms with Crippen molar-refractivity contribution in [3.63, 3.8) is 0 Å². The van der Waals surface area contributed by atoms with Gasteiger partial charge in [0.2, 0.25) is 5.91 Å². The zero-order valence-electron chi connectivity index (χ0n) is 38.2. The average molecular weight is 747 g/mol. The Balaban J connectivity index is 1.42. The third kappa shape index (κ3) is 8.74. The first-order valence-corrected chi connectivity index (χ1v) is 16.9. The Hall–Kier alpha value is -4.52. The number of benzene rings is 4. The van der Waals surface area contributed by atoms with Crippen molar-refractivity contribution in [1.82, 2.24) is 14.4 Å². The molecule has 0 unspecified atom stereocenters. The van der Waals surface area contributed by atoms with Gasteiger partial charge >= 0.3 is 6.18 Å². The molecule has 0 saturated carbocycles. The van der Waals surface area contributed by atoms with E-state index in [1.54, 1.807) is 0 Å². The third-order valence-corrected chi connectivity index (χ3v) is 9.53. The molecule has 1 aliphatic rings. The molecule has 0 N–H and O–H groups in total. The van der Waals surface area contributed by atoms with Crippen LogP contribution in [0.5, 0.6) is 0 Å². The number of hydrogen-bond donors (Lipinski definition) is 0. The maximum Gasteiger partial charge on any atom is 0.416 e. The molecule has 6 rings (SSSR count). The highest BCUT2D eigenvalue weighted by molar-refractivity contribution is 7.98. The van der Waals surface area contributed by atoms with Crippen molar-refractivity contribution in [3.8, 4) is 11.1 Å². The van der Waals surface area contributed by atoms with E-state index in [9.17, 15) is 32.2 Å². The number of pyridine rings is 1. The number of rotatable bonds is 12. The summed E-state index contributed by atoms with van der Waals surface area (Å²) >= 11 is 0.712. The third-order valence-electron chi connectivity index (χ3n) is 8.48. The molecule has 1 saturated heterocycles. The van der Waals surface area contributed by atoms with Crippen molar-refractivity contribution >= 4 is 28.6 Å². The van der Waals surface area contributed by atoms with Crippen LogP contribution < -0.4 is 5.43 Å². The number of halogens is 5. The molecule has 2 heterocycles. The topological polar surface area (TPSA) is 54.8 Å². The molecule has 12 heteroatoms. The number of alkyl halides is 3. The highest BCUT2D eigenvalue weighted by Crippen LogP contribution is 2.32. The quantitative estimate of drug-likeness (QED) is 0.0949. The number of fused-ring (bicyclic) bond motifs is 1. The molecule has 0 radical (unpaired) electrons. The van der Waals surface area contributed by atoms with E-state index in [0.29, 0.717) is 27.8 Å². The van der Waals surface area contributed by atoms with Gasteiger partial charge in [-0.25, -0.2) is 8.78 Å². The van der Waals surface area contributed by atoms with Gasteiger partial charge in [-0.05, 0) is 59.9 Å². The fraction of sp³-hybridized carbons (Fsp3) is 0.300. The first-order valence-electron chi connectivity index (χ1n) is 21.4. The number of hydrogen-bond acceptors (Lipinski definition) is 5. The van der Waals surface area contributed by atoms with E-state index in [4.69, 9.17) is 9.60 Å². The summed E-state index contributed by atoms with van der Waals surface area (Å²) in [7, 11) is -3.32. The lowest BCUT2D eigenvalue weighted by atomic mass is 10.00. The molecular formula is C40H38F5N3O3S. The largest absolute Gasteiger partial charge is 0.416 e. The molecule has 52 heavy (non-hydrogen) atoms. The van der Waals surface area contributed by atoms with Crippen molar-refractivity contribution < 1.29 is 46.6 Å². The summed E-state index contributed by atoms with van der Waals surface area (Å²) in [5.41, 5.74) is -1.22. The molecule has 6 nitrogen and oxygen atoms in total. The minimum absolute atomic E-state index is 0.0343. The monoisotopic (exact) mass is 746 g/mol. The number of aromatic nitrogens is 1. The summed E-state index contributed by atoms with van der Waals surface area (Å²) in [6.45, 7) is -13.4. The maximum absolute atomic E-state index is 15.1. The number of likely N-dealkylation sites (tertiary alicyclic amines) is 1. The first kappa shape index (κ1) is 25.5. The Morgan fingerprint density at radius 1 is 0.962 bits per heavy atom. The Morgan fingerprint density at radius 3 is 2.35 bits per heavy atom. The van der Waals surface area contributed by atoms with Crippen LogP contribution in [0, 0.1) is 11.6 Å². The number of thioether (sulfide) groups is 1. The van der Waals surface area contributed by atoms with Gasteiger partial charge in [-0.3, -0.25) is 9.59 Å². The molecule has 272 valence electrons. The lowest BCUT2D eigenvalue weighted by Gasteiger charge is -2.39. The lowest BCUT2D eigenvalue weighted by molar-refractivity contribution is -0.137. The fourth-order valence-corrected chi connectivity index (χ4v) is 6.78. The average Bonchev–Trinajstić information content (AvgIpc) is 3.20. The van der Waals surface area contributed by atoms with E-state index in [0.717, 1.165) is 33.7 Å². The molecule has 0 aliphatic carbocycles. The lowest BCUT2D eigenvalue weighted by Crippen LogP contribution is -2.48. The number of ether oxygens (including phenoxy) is 1. The Bertz CT molecular complexity index is 2530. The summed E-state index contributed by atoms with van der Waals surface area (Å²) in [5, 5.41) is -0.241. The second kappa shape index (κ2) is 16.4. The van der Waals surface area contributed by atoms with Gasteiger partial charge < -0.3 is 19.1 Å². The van der Waals surface area contributed by atoms with Crippen LogP contribution in [-0.2, 0) is 34.5 Å². The molecule has 0 bridgehead atoms. The van der Waals surface area contributed by atoms with Crippen molar-refractivity contribution in [2.75, 3.05) is 33.2 Å². The van der Waals surface area contributed by atoms with Crippen LogP contribution in [0.2, 0.25) is 0 Å². The summed E-state index contributed by atoms with van der Waals surface area (Å²) < 4.78 is 167. The second-order valence-corrected chi connectivity index (χ2v) is 12.8. The molecule has 0 spiro atoms. The summed E-state index contributed by atoms with van der Waals surface area (Å²) in [5.74, 6) is -4.16. The van der Waals surface area contributed by atoms with Gasteiger partial charge in [-0.1, -0.05) is 60.7 Å². The van der Waals surface area contributed by atoms with Crippen LogP contribution in [0.1, 0.15) is 44.6 Å². The van der Waals surface area contributed by atoms with Gasteiger partial charge in [-0.15, -0.1) is 11.8 Å². The van der Waals surface area contributed by atoms with Gasteiger partial charge in [0.25, 0.3) is 0 Å². The van der Waals surface area contributed by atoms with Gasteiger partial charge in [-0.2, -0.15) is 13.2 Å². The molecule has 1 aromatic heterocycles. The van der Waals surface area contributed by atoms with Crippen molar-refractivity contribution in [2.24, 2.45) is 0 Å². The van der Waals surface area contributed by atoms with Gasteiger partial charge in [0.15, 0.2) is 17.1 Å². The van der Waals surface area contributed by atoms with E-state index in [2.05, 4.69) is 4.74 Å². The number of methoxy groups -OCH3 is 1. The Kier molecular flexibility index (Phi) is 8.05. The molecule has 0 atom stereocenters. The van der Waals surface area contributed by atoms with E-state index in [-0.39, 0.29) is 45.7 Å². The number of piperidine rings is 1. The van der Waals surface area contributed by atoms with Gasteiger partial charge in [0.1, 0.15) is 6.50 Å². The number of nitrogens with zero attached hydrogens (tertiary/aromatic N) is 3. The zero-order chi connectivity index (χ0) is 46.5. The standard InChI is InChI=1S/C40H38F5N3O3S/c1-51-22-21-46-19-17-32(18-20-46)47(24-27-9-11-28(12-10-27)29-13-15-31(16-14-29)40(43,44)45)37(50)25-48-35-8-3-2-6-33(35)36(49)23-38(48)52-26-30-5-4-7-34(41)39(30)42/h2-16,23,32H,17-22,24-26H2,1H3/i1D3,21D2,22D2,24D2,25D2. The minimum Gasteiger partial charge on any atom is -0.383 e. The Labute approximate surface area is 318 Å². The number of para-hydroxylation sites is 1. The highest BCUT2D eigenvalue weighted by Gasteiger charge is 2.31. The van der Waals surface area contributed by atoms with E-state index < -0.39 is 86.9 Å². The zero-order valence-corrected chi connectivity index (χ0v) is 28.0. The van der Waals surface area contributed by atoms with E-state index in [1.165, 1.54) is 72.8 Å². The summed E-state index contributed by atoms with van der Waals surface area (Å²) in [4.78, 5) is 30.0. The van der Waals surface area contributed by atoms with E-state index >= 15 is 4.79 Å². The number of carbonyl (C=O) groups excluding carboxylic acids is 1. The molecule has 1 fully saturated rings. The van der Waals surface area contributed by atoms with Crippen LogP contribution in [0.25, 0.3) is 22.0 Å². The predicted octanol–water partition coefficient (Wildman–Crippen LogP) is 8.40. The van der Waals surface area contributed by atoms with Gasteiger partial charge in [0, 0.05) is 64.7 Å². The number of carbonyl (C=O) groups is 1. The molecule has 1 aliphatic heterocycles.